The molecule has 3 nitrogen and oxygen atoms in total. The van der Waals surface area contributed by atoms with Gasteiger partial charge in [0.15, 0.2) is 0 Å². The van der Waals surface area contributed by atoms with Crippen LogP contribution in [0.3, 0.4) is 0 Å². The number of ether oxygens (including phenoxy) is 1. The number of rotatable bonds is 2. The van der Waals surface area contributed by atoms with Crippen LogP contribution in [0.5, 0.6) is 0 Å². The van der Waals surface area contributed by atoms with Gasteiger partial charge in [-0.05, 0) is 30.0 Å². The zero-order valence-electron chi connectivity index (χ0n) is 9.78. The lowest BCUT2D eigenvalue weighted by Gasteiger charge is -2.28. The third kappa shape index (κ3) is 2.82. The molecule has 4 heteroatoms. The van der Waals surface area contributed by atoms with Crippen LogP contribution >= 0.6 is 0 Å². The minimum absolute atomic E-state index is 0.108. The molecule has 1 aromatic carbocycles. The Hall–Kier alpha value is -1.42. The molecule has 2 atom stereocenters. The highest BCUT2D eigenvalue weighted by molar-refractivity contribution is 5.72. The van der Waals surface area contributed by atoms with Crippen molar-refractivity contribution in [2.24, 2.45) is 5.92 Å². The van der Waals surface area contributed by atoms with E-state index < -0.39 is 0 Å². The lowest BCUT2D eigenvalue weighted by molar-refractivity contribution is -0.146. The number of halogens is 1. The van der Waals surface area contributed by atoms with Gasteiger partial charge >= 0.3 is 5.97 Å². The number of piperidine rings is 1. The number of methoxy groups -OCH3 is 1. The summed E-state index contributed by atoms with van der Waals surface area (Å²) in [6, 6.07) is 6.47. The van der Waals surface area contributed by atoms with Gasteiger partial charge in [-0.15, -0.1) is 0 Å². The van der Waals surface area contributed by atoms with Crippen molar-refractivity contribution >= 4 is 5.97 Å². The summed E-state index contributed by atoms with van der Waals surface area (Å²) in [6.45, 7) is 1.48. The maximum atomic E-state index is 12.8. The van der Waals surface area contributed by atoms with Gasteiger partial charge in [0.25, 0.3) is 0 Å². The second-order valence-corrected chi connectivity index (χ2v) is 4.36. The van der Waals surface area contributed by atoms with Crippen molar-refractivity contribution in [2.75, 3.05) is 20.2 Å². The van der Waals surface area contributed by atoms with Crippen LogP contribution in [0, 0.1) is 11.7 Å². The van der Waals surface area contributed by atoms with E-state index in [1.807, 2.05) is 0 Å². The Kier molecular flexibility index (Phi) is 3.74. The number of esters is 1. The zero-order valence-corrected chi connectivity index (χ0v) is 9.78. The number of hydrogen-bond donors (Lipinski definition) is 1. The average molecular weight is 237 g/mol. The molecule has 0 unspecified atom stereocenters. The molecule has 92 valence electrons. The van der Waals surface area contributed by atoms with Crippen molar-refractivity contribution in [1.82, 2.24) is 5.32 Å². The Morgan fingerprint density at radius 1 is 1.35 bits per heavy atom. The molecular weight excluding hydrogens is 221 g/mol. The van der Waals surface area contributed by atoms with Crippen molar-refractivity contribution in [3.8, 4) is 0 Å². The minimum Gasteiger partial charge on any atom is -0.469 e. The summed E-state index contributed by atoms with van der Waals surface area (Å²) in [4.78, 5) is 11.5. The Labute approximate surface area is 100.0 Å². The first-order valence-corrected chi connectivity index (χ1v) is 5.74. The first-order chi connectivity index (χ1) is 8.20. The molecule has 1 fully saturated rings. The summed E-state index contributed by atoms with van der Waals surface area (Å²) < 4.78 is 17.6. The van der Waals surface area contributed by atoms with Crippen LogP contribution in [0.2, 0.25) is 0 Å². The zero-order chi connectivity index (χ0) is 12.3. The van der Waals surface area contributed by atoms with E-state index in [9.17, 15) is 9.18 Å². The van der Waals surface area contributed by atoms with Crippen LogP contribution in [-0.2, 0) is 9.53 Å². The van der Waals surface area contributed by atoms with Gasteiger partial charge in [0.1, 0.15) is 5.82 Å². The van der Waals surface area contributed by atoms with Crippen molar-refractivity contribution in [3.63, 3.8) is 0 Å². The van der Waals surface area contributed by atoms with Gasteiger partial charge in [-0.1, -0.05) is 12.1 Å². The summed E-state index contributed by atoms with van der Waals surface area (Å²) in [5, 5.41) is 3.22. The Morgan fingerprint density at radius 2 is 2.06 bits per heavy atom. The van der Waals surface area contributed by atoms with Gasteiger partial charge < -0.3 is 10.1 Å². The SMILES string of the molecule is COC(=O)[C@@H]1CNC[C@@H](c2ccc(F)cc2)C1. The lowest BCUT2D eigenvalue weighted by Crippen LogP contribution is -2.39. The van der Waals surface area contributed by atoms with E-state index in [-0.39, 0.29) is 23.6 Å². The number of hydrogen-bond acceptors (Lipinski definition) is 3. The van der Waals surface area contributed by atoms with E-state index in [4.69, 9.17) is 4.74 Å². The molecule has 17 heavy (non-hydrogen) atoms. The number of carbonyl (C=O) groups excluding carboxylic acids is 1. The van der Waals surface area contributed by atoms with Crippen molar-refractivity contribution in [2.45, 2.75) is 12.3 Å². The van der Waals surface area contributed by atoms with Gasteiger partial charge in [-0.2, -0.15) is 0 Å². The van der Waals surface area contributed by atoms with E-state index in [0.29, 0.717) is 6.54 Å². The molecule has 0 aliphatic carbocycles. The summed E-state index contributed by atoms with van der Waals surface area (Å²) in [7, 11) is 1.41. The van der Waals surface area contributed by atoms with Crippen LogP contribution in [0.1, 0.15) is 17.9 Å². The molecular formula is C13H16FNO2. The Morgan fingerprint density at radius 3 is 2.71 bits per heavy atom. The Balaban J connectivity index is 2.06. The highest BCUT2D eigenvalue weighted by atomic mass is 19.1. The summed E-state index contributed by atoms with van der Waals surface area (Å²) in [5.41, 5.74) is 1.06. The van der Waals surface area contributed by atoms with E-state index >= 15 is 0 Å². The summed E-state index contributed by atoms with van der Waals surface area (Å²) in [6.07, 6.45) is 0.755. The van der Waals surface area contributed by atoms with Gasteiger partial charge in [0.05, 0.1) is 13.0 Å². The van der Waals surface area contributed by atoms with Crippen molar-refractivity contribution in [3.05, 3.63) is 35.6 Å². The van der Waals surface area contributed by atoms with Gasteiger partial charge in [-0.3, -0.25) is 4.79 Å². The third-order valence-corrected chi connectivity index (χ3v) is 3.23. The molecule has 1 N–H and O–H groups in total. The highest BCUT2D eigenvalue weighted by Crippen LogP contribution is 2.27. The normalized spacial score (nSPS) is 24.4. The third-order valence-electron chi connectivity index (χ3n) is 3.23. The fourth-order valence-electron chi connectivity index (χ4n) is 2.28. The molecule has 0 spiro atoms. The van der Waals surface area contributed by atoms with E-state index in [0.717, 1.165) is 18.5 Å². The highest BCUT2D eigenvalue weighted by Gasteiger charge is 2.28. The Bertz CT molecular complexity index is 391. The molecule has 0 saturated carbocycles. The minimum atomic E-state index is -0.234. The van der Waals surface area contributed by atoms with E-state index in [1.54, 1.807) is 12.1 Å². The predicted octanol–water partition coefficient (Wildman–Crippen LogP) is 1.69. The molecule has 1 saturated heterocycles. The molecule has 2 rings (SSSR count). The van der Waals surface area contributed by atoms with Crippen LogP contribution in [0.25, 0.3) is 0 Å². The van der Waals surface area contributed by atoms with Crippen molar-refractivity contribution < 1.29 is 13.9 Å². The molecule has 1 heterocycles. The van der Waals surface area contributed by atoms with E-state index in [1.165, 1.54) is 19.2 Å². The van der Waals surface area contributed by atoms with Gasteiger partial charge in [-0.25, -0.2) is 4.39 Å². The van der Waals surface area contributed by atoms with Gasteiger partial charge in [0, 0.05) is 13.1 Å². The first-order valence-electron chi connectivity index (χ1n) is 5.74. The van der Waals surface area contributed by atoms with E-state index in [2.05, 4.69) is 5.32 Å². The fourth-order valence-corrected chi connectivity index (χ4v) is 2.28. The maximum Gasteiger partial charge on any atom is 0.309 e. The fraction of sp³-hybridized carbons (Fsp3) is 0.462. The van der Waals surface area contributed by atoms with Gasteiger partial charge in [0.2, 0.25) is 0 Å². The first kappa shape index (κ1) is 12.0. The largest absolute Gasteiger partial charge is 0.469 e. The van der Waals surface area contributed by atoms with Crippen molar-refractivity contribution in [1.29, 1.82) is 0 Å². The average Bonchev–Trinajstić information content (AvgIpc) is 2.39. The molecule has 1 aliphatic heterocycles. The standard InChI is InChI=1S/C13H16FNO2/c1-17-13(16)11-6-10(7-15-8-11)9-2-4-12(14)5-3-9/h2-5,10-11,15H,6-8H2,1H3/t10-,11-/m0/s1. The number of nitrogens with one attached hydrogen (secondary N) is 1. The molecule has 1 aliphatic rings. The molecule has 1 aromatic rings. The summed E-state index contributed by atoms with van der Waals surface area (Å²) >= 11 is 0. The number of benzene rings is 1. The number of carbonyl (C=O) groups is 1. The predicted molar refractivity (Wildman–Crippen MR) is 62.1 cm³/mol. The maximum absolute atomic E-state index is 12.8. The summed E-state index contributed by atoms with van der Waals surface area (Å²) in [5.74, 6) is -0.274. The van der Waals surface area contributed by atoms with Crippen LogP contribution in [-0.4, -0.2) is 26.2 Å². The quantitative estimate of drug-likeness (QED) is 0.795. The topological polar surface area (TPSA) is 38.3 Å². The second-order valence-electron chi connectivity index (χ2n) is 4.36. The van der Waals surface area contributed by atoms with Crippen LogP contribution < -0.4 is 5.32 Å². The lowest BCUT2D eigenvalue weighted by atomic mass is 9.85. The molecule has 0 amide bonds. The van der Waals surface area contributed by atoms with Crippen LogP contribution in [0.15, 0.2) is 24.3 Å². The smallest absolute Gasteiger partial charge is 0.309 e. The monoisotopic (exact) mass is 237 g/mol. The molecule has 0 radical (unpaired) electrons. The molecule has 0 bridgehead atoms. The molecule has 0 aromatic heterocycles. The second kappa shape index (κ2) is 5.27. The van der Waals surface area contributed by atoms with Crippen LogP contribution in [0.4, 0.5) is 4.39 Å².